The molecule has 11 heteroatoms. The Hall–Kier alpha value is -2.69. The first-order valence-electron chi connectivity index (χ1n) is 7.90. The molecule has 1 aromatic carbocycles. The molecule has 1 aliphatic rings. The molecule has 0 radical (unpaired) electrons. The Bertz CT molecular complexity index is 817. The van der Waals surface area contributed by atoms with Crippen LogP contribution in [-0.4, -0.2) is 21.6 Å². The summed E-state index contributed by atoms with van der Waals surface area (Å²) in [6.45, 7) is 0.172. The molecule has 1 fully saturated rings. The van der Waals surface area contributed by atoms with Gasteiger partial charge in [-0.25, -0.2) is 0 Å². The summed E-state index contributed by atoms with van der Waals surface area (Å²) in [5, 5.41) is 17.6. The van der Waals surface area contributed by atoms with Gasteiger partial charge in [0, 0.05) is 19.0 Å². The van der Waals surface area contributed by atoms with Gasteiger partial charge in [0.05, 0.1) is 16.0 Å². The van der Waals surface area contributed by atoms with E-state index in [9.17, 15) is 23.3 Å². The van der Waals surface area contributed by atoms with E-state index in [2.05, 4.69) is 15.5 Å². The smallest absolute Gasteiger partial charge is 0.379 e. The zero-order valence-electron chi connectivity index (χ0n) is 13.5. The number of nitro groups is 1. The number of benzene rings is 1. The van der Waals surface area contributed by atoms with Crippen LogP contribution < -0.4 is 11.1 Å². The lowest BCUT2D eigenvalue weighted by atomic mass is 9.77. The first-order chi connectivity index (χ1) is 12.2. The van der Waals surface area contributed by atoms with E-state index in [1.54, 1.807) is 0 Å². The summed E-state index contributed by atoms with van der Waals surface area (Å²) in [7, 11) is 0. The molecule has 3 N–H and O–H groups in total. The molecule has 0 atom stereocenters. The Balaban J connectivity index is 1.65. The number of nitrogens with zero attached hydrogens (tertiary/aromatic N) is 3. The molecular formula is C15H16F3N5O3. The van der Waals surface area contributed by atoms with Gasteiger partial charge in [-0.05, 0) is 31.4 Å². The van der Waals surface area contributed by atoms with Crippen molar-refractivity contribution in [3.63, 3.8) is 0 Å². The SMILES string of the molecule is NC1(c2noc(CCNc3ccc(C(F)(F)F)cc3[N+](=O)[O-])n2)CCC1. The summed E-state index contributed by atoms with van der Waals surface area (Å²) in [6.07, 6.45) is -1.84. The van der Waals surface area contributed by atoms with Crippen molar-refractivity contribution in [2.45, 2.75) is 37.4 Å². The van der Waals surface area contributed by atoms with Gasteiger partial charge in [-0.15, -0.1) is 0 Å². The van der Waals surface area contributed by atoms with Crippen LogP contribution in [0.4, 0.5) is 24.5 Å². The Morgan fingerprint density at radius 3 is 2.69 bits per heavy atom. The van der Waals surface area contributed by atoms with E-state index in [4.69, 9.17) is 10.3 Å². The van der Waals surface area contributed by atoms with Crippen molar-refractivity contribution in [3.8, 4) is 0 Å². The summed E-state index contributed by atoms with van der Waals surface area (Å²) < 4.78 is 43.2. The Labute approximate surface area is 145 Å². The van der Waals surface area contributed by atoms with Crippen LogP contribution >= 0.6 is 0 Å². The van der Waals surface area contributed by atoms with E-state index in [1.165, 1.54) is 0 Å². The van der Waals surface area contributed by atoms with E-state index in [1.807, 2.05) is 0 Å². The fourth-order valence-corrected chi connectivity index (χ4v) is 2.65. The molecule has 0 unspecified atom stereocenters. The minimum atomic E-state index is -4.65. The number of anilines is 1. The quantitative estimate of drug-likeness (QED) is 0.591. The molecule has 2 aromatic rings. The summed E-state index contributed by atoms with van der Waals surface area (Å²) in [4.78, 5) is 14.4. The van der Waals surface area contributed by atoms with Crippen LogP contribution in [0.5, 0.6) is 0 Å². The van der Waals surface area contributed by atoms with Crippen LogP contribution in [-0.2, 0) is 18.1 Å². The molecule has 140 valence electrons. The number of rotatable bonds is 6. The van der Waals surface area contributed by atoms with Crippen LogP contribution in [0.15, 0.2) is 22.7 Å². The second-order valence-corrected chi connectivity index (χ2v) is 6.18. The third-order valence-corrected chi connectivity index (χ3v) is 4.34. The molecule has 3 rings (SSSR count). The summed E-state index contributed by atoms with van der Waals surface area (Å²) in [5.41, 5.74) is 3.79. The van der Waals surface area contributed by atoms with Gasteiger partial charge in [-0.3, -0.25) is 10.1 Å². The topological polar surface area (TPSA) is 120 Å². The maximum atomic E-state index is 12.7. The first-order valence-corrected chi connectivity index (χ1v) is 7.90. The molecule has 1 saturated carbocycles. The average molecular weight is 371 g/mol. The van der Waals surface area contributed by atoms with Gasteiger partial charge in [0.25, 0.3) is 5.69 Å². The highest BCUT2D eigenvalue weighted by molar-refractivity contribution is 5.62. The third kappa shape index (κ3) is 3.62. The van der Waals surface area contributed by atoms with Crippen LogP contribution in [0.25, 0.3) is 0 Å². The van der Waals surface area contributed by atoms with Crippen molar-refractivity contribution in [2.24, 2.45) is 5.73 Å². The van der Waals surface area contributed by atoms with Crippen molar-refractivity contribution >= 4 is 11.4 Å². The van der Waals surface area contributed by atoms with E-state index in [0.717, 1.165) is 31.4 Å². The Morgan fingerprint density at radius 2 is 2.12 bits per heavy atom. The van der Waals surface area contributed by atoms with E-state index >= 15 is 0 Å². The van der Waals surface area contributed by atoms with Gasteiger partial charge in [0.1, 0.15) is 5.69 Å². The van der Waals surface area contributed by atoms with Gasteiger partial charge in [-0.2, -0.15) is 18.2 Å². The van der Waals surface area contributed by atoms with Crippen LogP contribution in [0.1, 0.15) is 36.5 Å². The summed E-state index contributed by atoms with van der Waals surface area (Å²) in [5.74, 6) is 0.734. The van der Waals surface area contributed by atoms with Crippen LogP contribution in [0.2, 0.25) is 0 Å². The second kappa shape index (κ2) is 6.56. The molecule has 1 aromatic heterocycles. The lowest BCUT2D eigenvalue weighted by Crippen LogP contribution is -2.44. The molecular weight excluding hydrogens is 355 g/mol. The zero-order valence-corrected chi connectivity index (χ0v) is 13.5. The fraction of sp³-hybridized carbons (Fsp3) is 0.467. The van der Waals surface area contributed by atoms with Crippen molar-refractivity contribution in [1.82, 2.24) is 10.1 Å². The molecule has 0 spiro atoms. The van der Waals surface area contributed by atoms with Crippen molar-refractivity contribution < 1.29 is 22.6 Å². The van der Waals surface area contributed by atoms with E-state index in [-0.39, 0.29) is 18.7 Å². The number of nitro benzene ring substituents is 1. The monoisotopic (exact) mass is 371 g/mol. The minimum absolute atomic E-state index is 0.0166. The Morgan fingerprint density at radius 1 is 1.38 bits per heavy atom. The van der Waals surface area contributed by atoms with Crippen molar-refractivity contribution in [1.29, 1.82) is 0 Å². The van der Waals surface area contributed by atoms with Gasteiger partial charge in [0.15, 0.2) is 5.82 Å². The maximum absolute atomic E-state index is 12.7. The van der Waals surface area contributed by atoms with Crippen molar-refractivity contribution in [3.05, 3.63) is 45.6 Å². The lowest BCUT2D eigenvalue weighted by molar-refractivity contribution is -0.384. The average Bonchev–Trinajstić information content (AvgIpc) is 3.01. The lowest BCUT2D eigenvalue weighted by Gasteiger charge is -2.34. The number of aromatic nitrogens is 2. The molecule has 0 saturated heterocycles. The fourth-order valence-electron chi connectivity index (χ4n) is 2.65. The van der Waals surface area contributed by atoms with Gasteiger partial charge in [0.2, 0.25) is 5.89 Å². The number of alkyl halides is 3. The van der Waals surface area contributed by atoms with Crippen LogP contribution in [0, 0.1) is 10.1 Å². The van der Waals surface area contributed by atoms with Crippen LogP contribution in [0.3, 0.4) is 0 Å². The number of nitrogens with one attached hydrogen (secondary N) is 1. The minimum Gasteiger partial charge on any atom is -0.379 e. The second-order valence-electron chi connectivity index (χ2n) is 6.18. The molecule has 0 amide bonds. The Kier molecular flexibility index (Phi) is 4.57. The molecule has 1 aliphatic carbocycles. The highest BCUT2D eigenvalue weighted by Crippen LogP contribution is 2.37. The first kappa shape index (κ1) is 18.1. The van der Waals surface area contributed by atoms with E-state index in [0.29, 0.717) is 17.8 Å². The third-order valence-electron chi connectivity index (χ3n) is 4.34. The normalized spacial score (nSPS) is 16.2. The van der Waals surface area contributed by atoms with E-state index < -0.39 is 27.9 Å². The number of hydrogen-bond acceptors (Lipinski definition) is 7. The number of nitrogens with two attached hydrogens (primary N) is 1. The molecule has 8 nitrogen and oxygen atoms in total. The van der Waals surface area contributed by atoms with Gasteiger partial charge < -0.3 is 15.6 Å². The van der Waals surface area contributed by atoms with Gasteiger partial charge in [-0.1, -0.05) is 5.16 Å². The zero-order chi connectivity index (χ0) is 18.9. The van der Waals surface area contributed by atoms with Gasteiger partial charge >= 0.3 is 6.18 Å². The molecule has 0 aliphatic heterocycles. The number of hydrogen-bond donors (Lipinski definition) is 2. The van der Waals surface area contributed by atoms with Crippen molar-refractivity contribution in [2.75, 3.05) is 11.9 Å². The summed E-state index contributed by atoms with van der Waals surface area (Å²) >= 11 is 0. The predicted octanol–water partition coefficient (Wildman–Crippen LogP) is 2.99. The largest absolute Gasteiger partial charge is 0.416 e. The predicted molar refractivity (Wildman–Crippen MR) is 84.3 cm³/mol. The maximum Gasteiger partial charge on any atom is 0.416 e. The summed E-state index contributed by atoms with van der Waals surface area (Å²) in [6, 6.07) is 2.32. The highest BCUT2D eigenvalue weighted by atomic mass is 19.4. The molecule has 26 heavy (non-hydrogen) atoms. The highest BCUT2D eigenvalue weighted by Gasteiger charge is 2.39. The molecule has 1 heterocycles. The number of halogens is 3. The molecule has 0 bridgehead atoms. The standard InChI is InChI=1S/C15H16F3N5O3/c16-15(17,18)9-2-3-10(11(8-9)23(24)25)20-7-4-12-21-13(22-26-12)14(19)5-1-6-14/h2-3,8,20H,1,4-7,19H2.